The third-order valence-electron chi connectivity index (χ3n) is 3.95. The van der Waals surface area contributed by atoms with E-state index in [9.17, 15) is 0 Å². The third-order valence-corrected chi connectivity index (χ3v) is 7.35. The molecule has 1 aliphatic rings. The fourth-order valence-corrected chi connectivity index (χ4v) is 6.19. The number of thioether (sulfide) groups is 2. The number of hydrogen-bond acceptors (Lipinski definition) is 4. The summed E-state index contributed by atoms with van der Waals surface area (Å²) in [4.78, 5) is 0. The molecule has 0 amide bonds. The fraction of sp³-hybridized carbons (Fsp3) is 0.647. The minimum atomic E-state index is 0.546. The Balaban J connectivity index is 2.09. The Morgan fingerprint density at radius 1 is 1.29 bits per heavy atom. The Kier molecular flexibility index (Phi) is 7.27. The molecule has 118 valence electrons. The van der Waals surface area contributed by atoms with Crippen LogP contribution in [0, 0.1) is 0 Å². The molecule has 1 aliphatic heterocycles. The normalized spacial score (nSPS) is 23.8. The van der Waals surface area contributed by atoms with E-state index in [1.54, 1.807) is 7.11 Å². The zero-order valence-electron chi connectivity index (χ0n) is 13.3. The number of methoxy groups -OCH3 is 1. The largest absolute Gasteiger partial charge is 0.497 e. The van der Waals surface area contributed by atoms with E-state index in [0.717, 1.165) is 24.0 Å². The number of nitrogens with one attached hydrogen (secondary N) is 1. The first-order valence-corrected chi connectivity index (χ1v) is 9.97. The summed E-state index contributed by atoms with van der Waals surface area (Å²) in [5, 5.41) is 5.21. The lowest BCUT2D eigenvalue weighted by Crippen LogP contribution is -2.46. The SMILES string of the molecule is CCNC(Cc1cccc(OC)c1)C1SCCSC1CC. The van der Waals surface area contributed by atoms with E-state index in [1.807, 2.05) is 6.07 Å². The van der Waals surface area contributed by atoms with Crippen LogP contribution in [0.2, 0.25) is 0 Å². The van der Waals surface area contributed by atoms with E-state index in [-0.39, 0.29) is 0 Å². The van der Waals surface area contributed by atoms with Gasteiger partial charge in [-0.2, -0.15) is 23.5 Å². The van der Waals surface area contributed by atoms with Crippen LogP contribution < -0.4 is 10.1 Å². The molecule has 1 heterocycles. The van der Waals surface area contributed by atoms with Gasteiger partial charge in [0, 0.05) is 28.0 Å². The molecule has 0 aromatic heterocycles. The van der Waals surface area contributed by atoms with Crippen LogP contribution in [0.15, 0.2) is 24.3 Å². The van der Waals surface area contributed by atoms with Gasteiger partial charge in [0.15, 0.2) is 0 Å². The van der Waals surface area contributed by atoms with Gasteiger partial charge in [-0.25, -0.2) is 0 Å². The zero-order chi connectivity index (χ0) is 15.1. The summed E-state index contributed by atoms with van der Waals surface area (Å²) in [5.74, 6) is 3.55. The third kappa shape index (κ3) is 4.83. The molecule has 3 atom stereocenters. The molecule has 0 spiro atoms. The highest BCUT2D eigenvalue weighted by molar-refractivity contribution is 8.07. The van der Waals surface area contributed by atoms with Crippen molar-refractivity contribution < 1.29 is 4.74 Å². The standard InChI is InChI=1S/C17H27NOS2/c1-4-16-17(21-10-9-20-16)15(18-5-2)12-13-7-6-8-14(11-13)19-3/h6-8,11,15-18H,4-5,9-10,12H2,1-3H3. The van der Waals surface area contributed by atoms with Crippen LogP contribution >= 0.6 is 23.5 Å². The van der Waals surface area contributed by atoms with Gasteiger partial charge >= 0.3 is 0 Å². The van der Waals surface area contributed by atoms with E-state index in [4.69, 9.17) is 4.74 Å². The van der Waals surface area contributed by atoms with Crippen LogP contribution in [0.5, 0.6) is 5.75 Å². The second-order valence-electron chi connectivity index (χ2n) is 5.37. The summed E-state index contributed by atoms with van der Waals surface area (Å²) in [6.07, 6.45) is 2.35. The average molecular weight is 326 g/mol. The molecule has 21 heavy (non-hydrogen) atoms. The van der Waals surface area contributed by atoms with Crippen molar-refractivity contribution in [3.63, 3.8) is 0 Å². The molecule has 4 heteroatoms. The van der Waals surface area contributed by atoms with Gasteiger partial charge in [-0.05, 0) is 37.1 Å². The van der Waals surface area contributed by atoms with Crippen molar-refractivity contribution in [3.05, 3.63) is 29.8 Å². The Bertz CT molecular complexity index is 427. The second kappa shape index (κ2) is 8.96. The maximum atomic E-state index is 5.35. The topological polar surface area (TPSA) is 21.3 Å². The molecule has 0 saturated carbocycles. The summed E-state index contributed by atoms with van der Waals surface area (Å²) in [7, 11) is 1.74. The fourth-order valence-electron chi connectivity index (χ4n) is 2.93. The van der Waals surface area contributed by atoms with E-state index < -0.39 is 0 Å². The minimum Gasteiger partial charge on any atom is -0.497 e. The molecule has 0 aliphatic carbocycles. The summed E-state index contributed by atoms with van der Waals surface area (Å²) < 4.78 is 5.35. The first-order chi connectivity index (χ1) is 10.3. The van der Waals surface area contributed by atoms with Crippen LogP contribution in [0.4, 0.5) is 0 Å². The van der Waals surface area contributed by atoms with Crippen LogP contribution in [0.25, 0.3) is 0 Å². The predicted octanol–water partition coefficient (Wildman–Crippen LogP) is 3.84. The molecule has 0 radical (unpaired) electrons. The molecule has 2 rings (SSSR count). The van der Waals surface area contributed by atoms with Gasteiger partial charge in [0.1, 0.15) is 5.75 Å². The molecule has 1 N–H and O–H groups in total. The van der Waals surface area contributed by atoms with Crippen LogP contribution in [0.1, 0.15) is 25.8 Å². The number of rotatable bonds is 7. The van der Waals surface area contributed by atoms with Gasteiger partial charge in [-0.1, -0.05) is 26.0 Å². The number of benzene rings is 1. The minimum absolute atomic E-state index is 0.546. The van der Waals surface area contributed by atoms with Crippen LogP contribution in [-0.2, 0) is 6.42 Å². The van der Waals surface area contributed by atoms with E-state index in [1.165, 1.54) is 23.5 Å². The molecule has 2 nitrogen and oxygen atoms in total. The Morgan fingerprint density at radius 2 is 2.10 bits per heavy atom. The van der Waals surface area contributed by atoms with Crippen LogP contribution in [0.3, 0.4) is 0 Å². The Labute approximate surface area is 137 Å². The number of hydrogen-bond donors (Lipinski definition) is 1. The second-order valence-corrected chi connectivity index (χ2v) is 8.01. The van der Waals surface area contributed by atoms with Crippen molar-refractivity contribution in [1.29, 1.82) is 0 Å². The molecular weight excluding hydrogens is 298 g/mol. The smallest absolute Gasteiger partial charge is 0.119 e. The first kappa shape index (κ1) is 17.0. The van der Waals surface area contributed by atoms with Gasteiger partial charge in [0.25, 0.3) is 0 Å². The highest BCUT2D eigenvalue weighted by Gasteiger charge is 2.31. The quantitative estimate of drug-likeness (QED) is 0.822. The van der Waals surface area contributed by atoms with Crippen LogP contribution in [-0.4, -0.2) is 41.7 Å². The summed E-state index contributed by atoms with van der Waals surface area (Å²) >= 11 is 4.32. The van der Waals surface area contributed by atoms with E-state index in [0.29, 0.717) is 11.3 Å². The summed E-state index contributed by atoms with van der Waals surface area (Å²) in [5.41, 5.74) is 1.37. The van der Waals surface area contributed by atoms with Gasteiger partial charge in [-0.15, -0.1) is 0 Å². The van der Waals surface area contributed by atoms with Gasteiger partial charge < -0.3 is 10.1 Å². The van der Waals surface area contributed by atoms with E-state index >= 15 is 0 Å². The van der Waals surface area contributed by atoms with Crippen molar-refractivity contribution >= 4 is 23.5 Å². The summed E-state index contributed by atoms with van der Waals surface area (Å²) in [6.45, 7) is 5.57. The Morgan fingerprint density at radius 3 is 2.81 bits per heavy atom. The lowest BCUT2D eigenvalue weighted by Gasteiger charge is -2.36. The molecular formula is C17H27NOS2. The molecule has 1 aromatic carbocycles. The maximum absolute atomic E-state index is 5.35. The summed E-state index contributed by atoms with van der Waals surface area (Å²) in [6, 6.07) is 9.05. The maximum Gasteiger partial charge on any atom is 0.119 e. The van der Waals surface area contributed by atoms with E-state index in [2.05, 4.69) is 60.9 Å². The molecule has 0 bridgehead atoms. The Hall–Kier alpha value is -0.320. The van der Waals surface area contributed by atoms with Gasteiger partial charge in [0.05, 0.1) is 7.11 Å². The predicted molar refractivity (Wildman–Crippen MR) is 96.9 cm³/mol. The van der Waals surface area contributed by atoms with Crippen molar-refractivity contribution in [2.24, 2.45) is 0 Å². The lowest BCUT2D eigenvalue weighted by atomic mass is 10.00. The average Bonchev–Trinajstić information content (AvgIpc) is 2.54. The zero-order valence-corrected chi connectivity index (χ0v) is 14.9. The molecule has 1 fully saturated rings. The molecule has 1 aromatic rings. The van der Waals surface area contributed by atoms with Crippen molar-refractivity contribution in [2.45, 2.75) is 43.2 Å². The number of ether oxygens (including phenoxy) is 1. The van der Waals surface area contributed by atoms with Crippen molar-refractivity contribution in [3.8, 4) is 5.75 Å². The number of likely N-dealkylation sites (N-methyl/N-ethyl adjacent to an activating group) is 1. The van der Waals surface area contributed by atoms with Gasteiger partial charge in [0.2, 0.25) is 0 Å². The molecule has 1 saturated heterocycles. The molecule has 3 unspecified atom stereocenters. The monoisotopic (exact) mass is 325 g/mol. The highest BCUT2D eigenvalue weighted by atomic mass is 32.2. The van der Waals surface area contributed by atoms with Crippen molar-refractivity contribution in [2.75, 3.05) is 25.2 Å². The van der Waals surface area contributed by atoms with Gasteiger partial charge in [-0.3, -0.25) is 0 Å². The lowest BCUT2D eigenvalue weighted by molar-refractivity contribution is 0.413. The highest BCUT2D eigenvalue weighted by Crippen LogP contribution is 2.36. The van der Waals surface area contributed by atoms with Crippen molar-refractivity contribution in [1.82, 2.24) is 5.32 Å². The first-order valence-electron chi connectivity index (χ1n) is 7.88.